The molecular formula is C17H20N4O2. The number of aryl methyl sites for hydroxylation is 1. The van der Waals surface area contributed by atoms with Crippen molar-refractivity contribution in [3.63, 3.8) is 0 Å². The molecule has 3 rings (SSSR count). The van der Waals surface area contributed by atoms with Crippen molar-refractivity contribution in [1.29, 1.82) is 0 Å². The highest BCUT2D eigenvalue weighted by atomic mass is 16.3. The third-order valence-electron chi connectivity index (χ3n) is 4.37. The summed E-state index contributed by atoms with van der Waals surface area (Å²) in [7, 11) is 0. The molecule has 120 valence electrons. The van der Waals surface area contributed by atoms with E-state index in [9.17, 15) is 9.90 Å². The number of primary amides is 1. The third-order valence-corrected chi connectivity index (χ3v) is 4.37. The van der Waals surface area contributed by atoms with E-state index in [0.717, 1.165) is 17.0 Å². The Labute approximate surface area is 134 Å². The van der Waals surface area contributed by atoms with Gasteiger partial charge in [0.05, 0.1) is 11.7 Å². The minimum absolute atomic E-state index is 0.180. The number of aliphatic hydroxyl groups is 1. The molecule has 2 unspecified atom stereocenters. The van der Waals surface area contributed by atoms with Crippen molar-refractivity contribution in [2.24, 2.45) is 11.7 Å². The van der Waals surface area contributed by atoms with Crippen LogP contribution in [0.4, 0.5) is 5.82 Å². The molecule has 2 aromatic heterocycles. The zero-order valence-electron chi connectivity index (χ0n) is 13.4. The molecule has 1 aliphatic rings. The summed E-state index contributed by atoms with van der Waals surface area (Å²) in [4.78, 5) is 16.4. The number of rotatable bonds is 2. The maximum absolute atomic E-state index is 11.9. The quantitative estimate of drug-likeness (QED) is 0.786. The lowest BCUT2D eigenvalue weighted by atomic mass is 9.91. The van der Waals surface area contributed by atoms with E-state index in [1.165, 1.54) is 0 Å². The predicted octanol–water partition coefficient (Wildman–Crippen LogP) is 1.82. The minimum atomic E-state index is -0.618. The summed E-state index contributed by atoms with van der Waals surface area (Å²) in [5.74, 6) is -0.509. The summed E-state index contributed by atoms with van der Waals surface area (Å²) in [6, 6.07) is 3.62. The number of allylic oxidation sites excluding steroid dienone is 2. The Morgan fingerprint density at radius 1 is 1.35 bits per heavy atom. The molecule has 1 amide bonds. The van der Waals surface area contributed by atoms with E-state index in [1.807, 2.05) is 32.9 Å². The number of fused-ring (bicyclic) bond motifs is 1. The van der Waals surface area contributed by atoms with Crippen LogP contribution in [0.3, 0.4) is 0 Å². The molecule has 2 heterocycles. The van der Waals surface area contributed by atoms with Gasteiger partial charge in [0.2, 0.25) is 0 Å². The van der Waals surface area contributed by atoms with Gasteiger partial charge in [0.1, 0.15) is 11.5 Å². The van der Waals surface area contributed by atoms with Crippen molar-refractivity contribution in [3.05, 3.63) is 41.1 Å². The van der Waals surface area contributed by atoms with Crippen LogP contribution in [0, 0.1) is 12.8 Å². The molecule has 2 aromatic rings. The van der Waals surface area contributed by atoms with Gasteiger partial charge in [-0.1, -0.05) is 19.1 Å². The molecule has 0 saturated heterocycles. The highest BCUT2D eigenvalue weighted by Crippen LogP contribution is 2.37. The van der Waals surface area contributed by atoms with Gasteiger partial charge in [-0.2, -0.15) is 0 Å². The number of aromatic nitrogens is 2. The first-order chi connectivity index (χ1) is 10.8. The molecule has 2 atom stereocenters. The molecule has 0 saturated carbocycles. The fourth-order valence-corrected chi connectivity index (χ4v) is 3.17. The van der Waals surface area contributed by atoms with Gasteiger partial charge in [-0.25, -0.2) is 4.98 Å². The van der Waals surface area contributed by atoms with Crippen LogP contribution in [0.1, 0.15) is 29.9 Å². The Bertz CT molecular complexity index is 876. The van der Waals surface area contributed by atoms with Crippen LogP contribution in [-0.2, 0) is 0 Å². The molecule has 5 N–H and O–H groups in total. The second-order valence-corrected chi connectivity index (χ2v) is 5.99. The van der Waals surface area contributed by atoms with E-state index in [0.29, 0.717) is 11.0 Å². The van der Waals surface area contributed by atoms with Gasteiger partial charge in [0, 0.05) is 22.7 Å². The van der Waals surface area contributed by atoms with Crippen molar-refractivity contribution in [1.82, 2.24) is 9.55 Å². The number of nitrogens with zero attached hydrogens (tertiary/aromatic N) is 2. The molecule has 23 heavy (non-hydrogen) atoms. The number of carbonyl (C=O) groups excluding carboxylic acids is 1. The van der Waals surface area contributed by atoms with E-state index in [1.54, 1.807) is 16.7 Å². The Kier molecular flexibility index (Phi) is 3.49. The maximum atomic E-state index is 11.9. The van der Waals surface area contributed by atoms with Gasteiger partial charge in [-0.3, -0.25) is 9.36 Å². The SMILES string of the molecule is CC1=C(n2c(N)c(C(N)=O)c3ccc(C)nc32)C(C)C(O)C=C1. The first-order valence-electron chi connectivity index (χ1n) is 7.47. The van der Waals surface area contributed by atoms with Crippen molar-refractivity contribution in [2.45, 2.75) is 26.9 Å². The van der Waals surface area contributed by atoms with Crippen molar-refractivity contribution >= 4 is 28.5 Å². The third kappa shape index (κ3) is 2.22. The number of hydrogen-bond acceptors (Lipinski definition) is 4. The molecular weight excluding hydrogens is 292 g/mol. The highest BCUT2D eigenvalue weighted by Gasteiger charge is 2.29. The predicted molar refractivity (Wildman–Crippen MR) is 90.6 cm³/mol. The van der Waals surface area contributed by atoms with Crippen LogP contribution in [0.2, 0.25) is 0 Å². The van der Waals surface area contributed by atoms with Gasteiger partial charge in [0.15, 0.2) is 0 Å². The molecule has 0 radical (unpaired) electrons. The van der Waals surface area contributed by atoms with Gasteiger partial charge >= 0.3 is 0 Å². The molecule has 0 aromatic carbocycles. The molecule has 0 bridgehead atoms. The van der Waals surface area contributed by atoms with Gasteiger partial charge in [0.25, 0.3) is 5.91 Å². The number of anilines is 1. The van der Waals surface area contributed by atoms with Crippen molar-refractivity contribution < 1.29 is 9.90 Å². The number of amides is 1. The smallest absolute Gasteiger partial charge is 0.253 e. The van der Waals surface area contributed by atoms with Crippen LogP contribution in [0.15, 0.2) is 29.9 Å². The second kappa shape index (κ2) is 5.24. The second-order valence-electron chi connectivity index (χ2n) is 5.99. The highest BCUT2D eigenvalue weighted by molar-refractivity contribution is 6.11. The first kappa shape index (κ1) is 15.3. The number of nitrogen functional groups attached to an aromatic ring is 1. The Morgan fingerprint density at radius 2 is 2.04 bits per heavy atom. The van der Waals surface area contributed by atoms with Crippen LogP contribution in [0.5, 0.6) is 0 Å². The maximum Gasteiger partial charge on any atom is 0.253 e. The van der Waals surface area contributed by atoms with Crippen LogP contribution in [-0.4, -0.2) is 26.7 Å². The summed E-state index contributed by atoms with van der Waals surface area (Å²) in [6.07, 6.45) is 2.98. The van der Waals surface area contributed by atoms with Crippen LogP contribution >= 0.6 is 0 Å². The molecule has 0 aliphatic heterocycles. The van der Waals surface area contributed by atoms with Crippen LogP contribution in [0.25, 0.3) is 16.7 Å². The summed E-state index contributed by atoms with van der Waals surface area (Å²) in [6.45, 7) is 5.73. The average Bonchev–Trinajstić information content (AvgIpc) is 2.76. The minimum Gasteiger partial charge on any atom is -0.388 e. The molecule has 0 fully saturated rings. The zero-order valence-corrected chi connectivity index (χ0v) is 13.4. The molecule has 6 nitrogen and oxygen atoms in total. The van der Waals surface area contributed by atoms with E-state index < -0.39 is 12.0 Å². The number of pyridine rings is 1. The molecule has 6 heteroatoms. The van der Waals surface area contributed by atoms with Crippen LogP contribution < -0.4 is 11.5 Å². The number of hydrogen-bond donors (Lipinski definition) is 3. The Hall–Kier alpha value is -2.60. The van der Waals surface area contributed by atoms with Gasteiger partial charge < -0.3 is 16.6 Å². The Balaban J connectivity index is 2.42. The summed E-state index contributed by atoms with van der Waals surface area (Å²) < 4.78 is 1.75. The normalized spacial score (nSPS) is 21.2. The van der Waals surface area contributed by atoms with E-state index in [2.05, 4.69) is 4.98 Å². The largest absolute Gasteiger partial charge is 0.388 e. The average molecular weight is 312 g/mol. The standard InChI is InChI=1S/C17H20N4O2/c1-8-4-7-12(22)10(3)14(8)21-15(18)13(16(19)23)11-6-5-9(2)20-17(11)21/h4-7,10,12,22H,18H2,1-3H3,(H2,19,23). The summed E-state index contributed by atoms with van der Waals surface area (Å²) in [5, 5.41) is 10.8. The van der Waals surface area contributed by atoms with E-state index in [-0.39, 0.29) is 17.3 Å². The van der Waals surface area contributed by atoms with Crippen molar-refractivity contribution in [2.75, 3.05) is 5.73 Å². The zero-order chi connectivity index (χ0) is 16.9. The molecule has 0 spiro atoms. The first-order valence-corrected chi connectivity index (χ1v) is 7.47. The van der Waals surface area contributed by atoms with Crippen molar-refractivity contribution in [3.8, 4) is 0 Å². The lowest BCUT2D eigenvalue weighted by molar-refractivity contribution is 0.100. The monoisotopic (exact) mass is 312 g/mol. The number of nitrogens with two attached hydrogens (primary N) is 2. The lowest BCUT2D eigenvalue weighted by Gasteiger charge is -2.27. The van der Waals surface area contributed by atoms with Gasteiger partial charge in [-0.15, -0.1) is 0 Å². The topological polar surface area (TPSA) is 107 Å². The summed E-state index contributed by atoms with van der Waals surface area (Å²) >= 11 is 0. The lowest BCUT2D eigenvalue weighted by Crippen LogP contribution is -2.24. The van der Waals surface area contributed by atoms with Gasteiger partial charge in [-0.05, 0) is 31.6 Å². The van der Waals surface area contributed by atoms with E-state index >= 15 is 0 Å². The fraction of sp³-hybridized carbons (Fsp3) is 0.294. The number of aliphatic hydroxyl groups excluding tert-OH is 1. The fourth-order valence-electron chi connectivity index (χ4n) is 3.17. The molecule has 1 aliphatic carbocycles. The van der Waals surface area contributed by atoms with E-state index in [4.69, 9.17) is 11.5 Å². The number of carbonyl (C=O) groups is 1. The summed E-state index contributed by atoms with van der Waals surface area (Å²) in [5.41, 5.74) is 15.2. The Morgan fingerprint density at radius 3 is 2.70 bits per heavy atom.